The van der Waals surface area contributed by atoms with Gasteiger partial charge in [-0.15, -0.1) is 0 Å². The number of aromatic nitrogens is 1. The SMILES string of the molecule is CC.Cc1cc(C(C)(C)C)nc(C2(C)CC2)c1. The summed E-state index contributed by atoms with van der Waals surface area (Å²) >= 11 is 0. The molecule has 0 unspecified atom stereocenters. The second-order valence-electron chi connectivity index (χ2n) is 6.23. The molecule has 0 saturated heterocycles. The van der Waals surface area contributed by atoms with Gasteiger partial charge in [-0.25, -0.2) is 0 Å². The van der Waals surface area contributed by atoms with E-state index in [0.717, 1.165) is 0 Å². The van der Waals surface area contributed by atoms with Gasteiger partial charge in [0.1, 0.15) is 0 Å². The molecule has 1 heteroatoms. The van der Waals surface area contributed by atoms with Crippen molar-refractivity contribution < 1.29 is 0 Å². The molecule has 1 heterocycles. The fourth-order valence-corrected chi connectivity index (χ4v) is 1.80. The summed E-state index contributed by atoms with van der Waals surface area (Å²) in [7, 11) is 0. The highest BCUT2D eigenvalue weighted by molar-refractivity contribution is 5.31. The van der Waals surface area contributed by atoms with Crippen LogP contribution in [0.4, 0.5) is 0 Å². The molecule has 1 aromatic heterocycles. The Morgan fingerprint density at radius 1 is 1.12 bits per heavy atom. The molecule has 1 aliphatic rings. The molecule has 0 radical (unpaired) electrons. The van der Waals surface area contributed by atoms with Crippen LogP contribution in [0.15, 0.2) is 12.1 Å². The quantitative estimate of drug-likeness (QED) is 0.681. The van der Waals surface area contributed by atoms with Crippen LogP contribution in [-0.4, -0.2) is 4.98 Å². The van der Waals surface area contributed by atoms with Gasteiger partial charge in [0.2, 0.25) is 0 Å². The van der Waals surface area contributed by atoms with E-state index in [9.17, 15) is 0 Å². The molecule has 17 heavy (non-hydrogen) atoms. The molecule has 2 rings (SSSR count). The summed E-state index contributed by atoms with van der Waals surface area (Å²) in [6.45, 7) is 15.2. The van der Waals surface area contributed by atoms with Gasteiger partial charge in [0.05, 0.1) is 0 Å². The smallest absolute Gasteiger partial charge is 0.0468 e. The number of pyridine rings is 1. The fraction of sp³-hybridized carbons (Fsp3) is 0.688. The van der Waals surface area contributed by atoms with Crippen molar-refractivity contribution in [3.63, 3.8) is 0 Å². The first kappa shape index (κ1) is 14.2. The molecule has 0 atom stereocenters. The first-order chi connectivity index (χ1) is 7.81. The van der Waals surface area contributed by atoms with E-state index >= 15 is 0 Å². The first-order valence-corrected chi connectivity index (χ1v) is 6.81. The lowest BCUT2D eigenvalue weighted by atomic mass is 9.89. The van der Waals surface area contributed by atoms with Crippen molar-refractivity contribution in [2.45, 2.75) is 72.1 Å². The van der Waals surface area contributed by atoms with Gasteiger partial charge < -0.3 is 0 Å². The standard InChI is InChI=1S/C14H21N.C2H6/c1-10-8-11(13(2,3)4)15-12(9-10)14(5)6-7-14;1-2/h8-9H,6-7H2,1-5H3;1-2H3. The van der Waals surface area contributed by atoms with E-state index < -0.39 is 0 Å². The molecular weight excluding hydrogens is 206 g/mol. The predicted octanol–water partition coefficient (Wildman–Crippen LogP) is 4.77. The zero-order valence-electron chi connectivity index (χ0n) is 12.5. The van der Waals surface area contributed by atoms with Crippen LogP contribution in [0.1, 0.15) is 71.3 Å². The number of nitrogens with zero attached hydrogens (tertiary/aromatic N) is 1. The number of rotatable bonds is 1. The van der Waals surface area contributed by atoms with Crippen molar-refractivity contribution in [3.8, 4) is 0 Å². The Morgan fingerprint density at radius 3 is 2.06 bits per heavy atom. The fourth-order valence-electron chi connectivity index (χ4n) is 1.80. The van der Waals surface area contributed by atoms with Gasteiger partial charge in [0.15, 0.2) is 0 Å². The minimum Gasteiger partial charge on any atom is -0.257 e. The Hall–Kier alpha value is -0.850. The molecule has 1 aromatic rings. The normalized spacial score (nSPS) is 17.1. The minimum absolute atomic E-state index is 0.159. The Morgan fingerprint density at radius 2 is 1.65 bits per heavy atom. The average Bonchev–Trinajstić information content (AvgIpc) is 2.99. The van der Waals surface area contributed by atoms with Gasteiger partial charge >= 0.3 is 0 Å². The predicted molar refractivity (Wildman–Crippen MR) is 75.6 cm³/mol. The Labute approximate surface area is 107 Å². The topological polar surface area (TPSA) is 12.9 Å². The Kier molecular flexibility index (Phi) is 4.01. The minimum atomic E-state index is 0.159. The van der Waals surface area contributed by atoms with Gasteiger partial charge in [-0.2, -0.15) is 0 Å². The lowest BCUT2D eigenvalue weighted by molar-refractivity contribution is 0.559. The summed E-state index contributed by atoms with van der Waals surface area (Å²) in [5.74, 6) is 0. The lowest BCUT2D eigenvalue weighted by Crippen LogP contribution is -2.16. The third-order valence-corrected chi connectivity index (χ3v) is 3.36. The molecule has 1 fully saturated rings. The molecule has 1 saturated carbocycles. The summed E-state index contributed by atoms with van der Waals surface area (Å²) in [5, 5.41) is 0. The van der Waals surface area contributed by atoms with E-state index in [1.165, 1.54) is 29.8 Å². The maximum absolute atomic E-state index is 4.84. The van der Waals surface area contributed by atoms with E-state index in [1.54, 1.807) is 0 Å². The van der Waals surface area contributed by atoms with Crippen LogP contribution in [0.25, 0.3) is 0 Å². The molecule has 0 spiro atoms. The maximum Gasteiger partial charge on any atom is 0.0468 e. The van der Waals surface area contributed by atoms with Crippen LogP contribution in [0, 0.1) is 6.92 Å². The highest BCUT2D eigenvalue weighted by Gasteiger charge is 2.40. The van der Waals surface area contributed by atoms with Gasteiger partial charge in [-0.1, -0.05) is 41.5 Å². The number of hydrogen-bond acceptors (Lipinski definition) is 1. The summed E-state index contributed by atoms with van der Waals surface area (Å²) in [4.78, 5) is 4.84. The van der Waals surface area contributed by atoms with E-state index in [4.69, 9.17) is 4.98 Å². The summed E-state index contributed by atoms with van der Waals surface area (Å²) in [6, 6.07) is 4.47. The van der Waals surface area contributed by atoms with Gasteiger partial charge in [-0.05, 0) is 37.5 Å². The largest absolute Gasteiger partial charge is 0.257 e. The van der Waals surface area contributed by atoms with Gasteiger partial charge in [-0.3, -0.25) is 4.98 Å². The van der Waals surface area contributed by atoms with Crippen LogP contribution in [0.2, 0.25) is 0 Å². The van der Waals surface area contributed by atoms with Crippen molar-refractivity contribution in [3.05, 3.63) is 29.1 Å². The zero-order valence-corrected chi connectivity index (χ0v) is 12.5. The highest BCUT2D eigenvalue weighted by atomic mass is 14.8. The van der Waals surface area contributed by atoms with Crippen LogP contribution in [-0.2, 0) is 10.8 Å². The maximum atomic E-state index is 4.84. The molecule has 0 N–H and O–H groups in total. The van der Waals surface area contributed by atoms with E-state index in [-0.39, 0.29) is 5.41 Å². The lowest BCUT2D eigenvalue weighted by Gasteiger charge is -2.21. The van der Waals surface area contributed by atoms with Gasteiger partial charge in [0.25, 0.3) is 0 Å². The van der Waals surface area contributed by atoms with Crippen molar-refractivity contribution in [2.24, 2.45) is 0 Å². The molecule has 1 nitrogen and oxygen atoms in total. The molecule has 96 valence electrons. The molecule has 0 amide bonds. The second kappa shape index (κ2) is 4.80. The summed E-state index contributed by atoms with van der Waals surface area (Å²) < 4.78 is 0. The molecule has 0 aliphatic heterocycles. The first-order valence-electron chi connectivity index (χ1n) is 6.81. The van der Waals surface area contributed by atoms with Crippen LogP contribution >= 0.6 is 0 Å². The van der Waals surface area contributed by atoms with Crippen molar-refractivity contribution in [1.29, 1.82) is 0 Å². The third-order valence-electron chi connectivity index (χ3n) is 3.36. The van der Waals surface area contributed by atoms with Crippen molar-refractivity contribution in [1.82, 2.24) is 4.98 Å². The van der Waals surface area contributed by atoms with E-state index in [1.807, 2.05) is 13.8 Å². The van der Waals surface area contributed by atoms with Crippen LogP contribution < -0.4 is 0 Å². The molecule has 0 bridgehead atoms. The van der Waals surface area contributed by atoms with Crippen molar-refractivity contribution in [2.75, 3.05) is 0 Å². The van der Waals surface area contributed by atoms with Crippen LogP contribution in [0.3, 0.4) is 0 Å². The zero-order chi connectivity index (χ0) is 13.3. The summed E-state index contributed by atoms with van der Waals surface area (Å²) in [6.07, 6.45) is 2.60. The molecule has 0 aromatic carbocycles. The van der Waals surface area contributed by atoms with E-state index in [2.05, 4.69) is 46.8 Å². The molecular formula is C16H27N. The van der Waals surface area contributed by atoms with Gasteiger partial charge in [0, 0.05) is 22.2 Å². The Balaban J connectivity index is 0.000000686. The Bertz CT molecular complexity index is 358. The number of hydrogen-bond donors (Lipinski definition) is 0. The summed E-state index contributed by atoms with van der Waals surface area (Å²) in [5.41, 5.74) is 4.41. The van der Waals surface area contributed by atoms with Crippen molar-refractivity contribution >= 4 is 0 Å². The second-order valence-corrected chi connectivity index (χ2v) is 6.23. The average molecular weight is 233 g/mol. The highest BCUT2D eigenvalue weighted by Crippen LogP contribution is 2.47. The third kappa shape index (κ3) is 3.31. The number of aryl methyl sites for hydroxylation is 1. The van der Waals surface area contributed by atoms with E-state index in [0.29, 0.717) is 5.41 Å². The molecule has 1 aliphatic carbocycles. The monoisotopic (exact) mass is 233 g/mol. The van der Waals surface area contributed by atoms with Crippen LogP contribution in [0.5, 0.6) is 0 Å².